The molecule has 1 saturated carbocycles. The third-order valence-corrected chi connectivity index (χ3v) is 4.48. The summed E-state index contributed by atoms with van der Waals surface area (Å²) in [6.07, 6.45) is 0.868. The van der Waals surface area contributed by atoms with Gasteiger partial charge in [-0.3, -0.25) is 9.59 Å². The summed E-state index contributed by atoms with van der Waals surface area (Å²) in [6, 6.07) is 10.7. The molecule has 2 atom stereocenters. The van der Waals surface area contributed by atoms with Crippen molar-refractivity contribution < 1.29 is 27.8 Å². The molecule has 0 aliphatic heterocycles. The van der Waals surface area contributed by atoms with Crippen molar-refractivity contribution in [3.8, 4) is 11.5 Å². The third kappa shape index (κ3) is 4.76. The first-order chi connectivity index (χ1) is 13.4. The molecule has 8 heteroatoms. The highest BCUT2D eigenvalue weighted by Crippen LogP contribution is 2.38. The molecule has 3 rings (SSSR count). The summed E-state index contributed by atoms with van der Waals surface area (Å²) in [5, 5.41) is 5.41. The number of hydrogen-bond donors (Lipinski definition) is 2. The van der Waals surface area contributed by atoms with Crippen molar-refractivity contribution in [1.82, 2.24) is 0 Å². The summed E-state index contributed by atoms with van der Waals surface area (Å²) in [5.41, 5.74) is 1.10. The van der Waals surface area contributed by atoms with E-state index in [1.807, 2.05) is 6.92 Å². The van der Waals surface area contributed by atoms with E-state index in [0.717, 1.165) is 6.42 Å². The number of methoxy groups -OCH3 is 1. The van der Waals surface area contributed by atoms with Gasteiger partial charge in [-0.05, 0) is 42.7 Å². The molecule has 0 saturated heterocycles. The summed E-state index contributed by atoms with van der Waals surface area (Å²) in [6.45, 7) is -1.01. The lowest BCUT2D eigenvalue weighted by Gasteiger charge is -2.12. The quantitative estimate of drug-likeness (QED) is 0.745. The number of nitrogens with one attached hydrogen (secondary N) is 2. The summed E-state index contributed by atoms with van der Waals surface area (Å²) in [5.74, 6) is -0.179. The van der Waals surface area contributed by atoms with Gasteiger partial charge in [0, 0.05) is 28.9 Å². The molecule has 2 unspecified atom stereocenters. The van der Waals surface area contributed by atoms with Crippen LogP contribution in [-0.4, -0.2) is 25.5 Å². The fourth-order valence-electron chi connectivity index (χ4n) is 2.81. The van der Waals surface area contributed by atoms with Crippen LogP contribution in [0.15, 0.2) is 42.5 Å². The number of carbonyl (C=O) groups is 2. The van der Waals surface area contributed by atoms with Gasteiger partial charge < -0.3 is 20.1 Å². The highest BCUT2D eigenvalue weighted by atomic mass is 19.3. The molecule has 0 bridgehead atoms. The van der Waals surface area contributed by atoms with Gasteiger partial charge >= 0.3 is 6.61 Å². The van der Waals surface area contributed by atoms with Gasteiger partial charge in [0.25, 0.3) is 5.91 Å². The minimum Gasteiger partial charge on any atom is -0.493 e. The second-order valence-corrected chi connectivity index (χ2v) is 6.59. The number of benzene rings is 2. The van der Waals surface area contributed by atoms with Gasteiger partial charge in [-0.15, -0.1) is 0 Å². The average molecular weight is 390 g/mol. The number of alkyl halides is 2. The SMILES string of the molecule is COc1ccc(NC(=O)c2cccc(NC(=O)C3CC3C)c2)cc1OC(F)F. The number of amides is 2. The maximum Gasteiger partial charge on any atom is 0.387 e. The van der Waals surface area contributed by atoms with Crippen LogP contribution >= 0.6 is 0 Å². The van der Waals surface area contributed by atoms with Crippen molar-refractivity contribution in [2.45, 2.75) is 20.0 Å². The van der Waals surface area contributed by atoms with Crippen LogP contribution in [0, 0.1) is 11.8 Å². The van der Waals surface area contributed by atoms with E-state index in [1.165, 1.54) is 25.3 Å². The molecule has 1 aliphatic rings. The molecular weight excluding hydrogens is 370 g/mol. The monoisotopic (exact) mass is 390 g/mol. The van der Waals surface area contributed by atoms with E-state index in [9.17, 15) is 18.4 Å². The van der Waals surface area contributed by atoms with Crippen LogP contribution in [-0.2, 0) is 4.79 Å². The van der Waals surface area contributed by atoms with Gasteiger partial charge in [0.2, 0.25) is 5.91 Å². The van der Waals surface area contributed by atoms with Gasteiger partial charge in [-0.25, -0.2) is 0 Å². The van der Waals surface area contributed by atoms with Gasteiger partial charge in [-0.2, -0.15) is 8.78 Å². The fourth-order valence-corrected chi connectivity index (χ4v) is 2.81. The minimum atomic E-state index is -3.02. The van der Waals surface area contributed by atoms with Crippen LogP contribution in [0.25, 0.3) is 0 Å². The number of ether oxygens (including phenoxy) is 2. The lowest BCUT2D eigenvalue weighted by Crippen LogP contribution is -2.16. The largest absolute Gasteiger partial charge is 0.493 e. The van der Waals surface area contributed by atoms with E-state index in [4.69, 9.17) is 4.74 Å². The zero-order valence-corrected chi connectivity index (χ0v) is 15.4. The smallest absolute Gasteiger partial charge is 0.387 e. The molecule has 0 heterocycles. The molecule has 2 N–H and O–H groups in total. The Morgan fingerprint density at radius 1 is 1.07 bits per heavy atom. The first-order valence-corrected chi connectivity index (χ1v) is 8.72. The zero-order valence-electron chi connectivity index (χ0n) is 15.4. The number of hydrogen-bond acceptors (Lipinski definition) is 4. The maximum atomic E-state index is 12.5. The van der Waals surface area contributed by atoms with Crippen LogP contribution < -0.4 is 20.1 Å². The maximum absolute atomic E-state index is 12.5. The number of rotatable bonds is 7. The molecule has 6 nitrogen and oxygen atoms in total. The highest BCUT2D eigenvalue weighted by molar-refractivity contribution is 6.05. The Hall–Kier alpha value is -3.16. The van der Waals surface area contributed by atoms with Gasteiger partial charge in [-0.1, -0.05) is 13.0 Å². The molecule has 148 valence electrons. The first kappa shape index (κ1) is 19.6. The van der Waals surface area contributed by atoms with Crippen LogP contribution in [0.5, 0.6) is 11.5 Å². The predicted octanol–water partition coefficient (Wildman–Crippen LogP) is 4.14. The molecular formula is C20H20F2N2O4. The molecule has 0 radical (unpaired) electrons. The summed E-state index contributed by atoms with van der Waals surface area (Å²) >= 11 is 0. The molecule has 0 spiro atoms. The van der Waals surface area contributed by atoms with Crippen molar-refractivity contribution in [2.24, 2.45) is 11.8 Å². The Labute approximate surface area is 160 Å². The number of halogens is 2. The summed E-state index contributed by atoms with van der Waals surface area (Å²) in [4.78, 5) is 24.5. The normalized spacial score (nSPS) is 17.8. The molecule has 1 fully saturated rings. The highest BCUT2D eigenvalue weighted by Gasteiger charge is 2.39. The molecule has 2 aromatic rings. The van der Waals surface area contributed by atoms with E-state index < -0.39 is 12.5 Å². The van der Waals surface area contributed by atoms with E-state index >= 15 is 0 Å². The number of anilines is 2. The van der Waals surface area contributed by atoms with Crippen LogP contribution in [0.1, 0.15) is 23.7 Å². The van der Waals surface area contributed by atoms with Crippen molar-refractivity contribution in [3.05, 3.63) is 48.0 Å². The lowest BCUT2D eigenvalue weighted by atomic mass is 10.1. The Morgan fingerprint density at radius 2 is 1.79 bits per heavy atom. The van der Waals surface area contributed by atoms with Crippen LogP contribution in [0.4, 0.5) is 20.2 Å². The first-order valence-electron chi connectivity index (χ1n) is 8.72. The molecule has 1 aliphatic carbocycles. The third-order valence-electron chi connectivity index (χ3n) is 4.48. The van der Waals surface area contributed by atoms with Crippen molar-refractivity contribution >= 4 is 23.2 Å². The van der Waals surface area contributed by atoms with E-state index in [2.05, 4.69) is 15.4 Å². The van der Waals surface area contributed by atoms with Gasteiger partial charge in [0.1, 0.15) is 0 Å². The predicted molar refractivity (Wildman–Crippen MR) is 99.9 cm³/mol. The van der Waals surface area contributed by atoms with E-state index in [1.54, 1.807) is 24.3 Å². The van der Waals surface area contributed by atoms with Gasteiger partial charge in [0.05, 0.1) is 7.11 Å². The van der Waals surface area contributed by atoms with E-state index in [0.29, 0.717) is 17.2 Å². The minimum absolute atomic E-state index is 0.0186. The molecule has 2 amide bonds. The van der Waals surface area contributed by atoms with Crippen LogP contribution in [0.2, 0.25) is 0 Å². The van der Waals surface area contributed by atoms with E-state index in [-0.39, 0.29) is 29.0 Å². The Bertz CT molecular complexity index is 888. The molecule has 28 heavy (non-hydrogen) atoms. The van der Waals surface area contributed by atoms with Crippen molar-refractivity contribution in [2.75, 3.05) is 17.7 Å². The topological polar surface area (TPSA) is 76.7 Å². The Kier molecular flexibility index (Phi) is 5.77. The van der Waals surface area contributed by atoms with Gasteiger partial charge in [0.15, 0.2) is 11.5 Å². The van der Waals surface area contributed by atoms with Crippen LogP contribution in [0.3, 0.4) is 0 Å². The molecule has 0 aromatic heterocycles. The van der Waals surface area contributed by atoms with Crippen molar-refractivity contribution in [1.29, 1.82) is 0 Å². The molecule has 2 aromatic carbocycles. The Balaban J connectivity index is 1.70. The van der Waals surface area contributed by atoms with Crippen molar-refractivity contribution in [3.63, 3.8) is 0 Å². The number of carbonyl (C=O) groups excluding carboxylic acids is 2. The summed E-state index contributed by atoms with van der Waals surface area (Å²) in [7, 11) is 1.33. The average Bonchev–Trinajstić information content (AvgIpc) is 3.38. The second-order valence-electron chi connectivity index (χ2n) is 6.59. The summed E-state index contributed by atoms with van der Waals surface area (Å²) < 4.78 is 34.4. The standard InChI is InChI=1S/C20H20F2N2O4/c1-11-8-15(11)19(26)24-13-5-3-4-12(9-13)18(25)23-14-6-7-16(27-2)17(10-14)28-20(21)22/h3-7,9-11,15,20H,8H2,1-2H3,(H,23,25)(H,24,26). The second kappa shape index (κ2) is 8.24. The Morgan fingerprint density at radius 3 is 2.43 bits per heavy atom. The zero-order chi connectivity index (χ0) is 20.3. The fraction of sp³-hybridized carbons (Fsp3) is 0.300. The lowest BCUT2D eigenvalue weighted by molar-refractivity contribution is -0.117.